The van der Waals surface area contributed by atoms with Crippen LogP contribution in [0, 0.1) is 11.7 Å². The summed E-state index contributed by atoms with van der Waals surface area (Å²) in [6.07, 6.45) is 3.08. The van der Waals surface area contributed by atoms with Crippen LogP contribution >= 0.6 is 0 Å². The van der Waals surface area contributed by atoms with Gasteiger partial charge in [-0.25, -0.2) is 22.8 Å². The second-order valence-electron chi connectivity index (χ2n) is 6.74. The largest absolute Gasteiger partial charge is 0.272 e. The second-order valence-corrected chi connectivity index (χ2v) is 8.75. The molecule has 1 heterocycles. The number of nitrogens with zero attached hydrogens (tertiary/aromatic N) is 2. The molecule has 148 valence electrons. The smallest absolute Gasteiger partial charge is 0.258 e. The maximum absolute atomic E-state index is 13.3. The first-order valence-corrected chi connectivity index (χ1v) is 10.9. The fourth-order valence-electron chi connectivity index (χ4n) is 3.16. The van der Waals surface area contributed by atoms with Gasteiger partial charge >= 0.3 is 0 Å². The van der Waals surface area contributed by atoms with Crippen LogP contribution in [0.5, 0.6) is 0 Å². The summed E-state index contributed by atoms with van der Waals surface area (Å²) in [5.74, 6) is -2.03. The number of hydrogen-bond donors (Lipinski definition) is 0. The molecule has 1 aliphatic rings. The van der Waals surface area contributed by atoms with Crippen LogP contribution in [0.25, 0.3) is 0 Å². The Balaban J connectivity index is 2.04. The summed E-state index contributed by atoms with van der Waals surface area (Å²) < 4.78 is 36.7. The normalized spacial score (nSPS) is 17.5. The van der Waals surface area contributed by atoms with Crippen molar-refractivity contribution in [3.8, 4) is 0 Å². The molecule has 1 aliphatic heterocycles. The third-order valence-electron chi connectivity index (χ3n) is 4.64. The first-order chi connectivity index (χ1) is 13.2. The van der Waals surface area contributed by atoms with E-state index in [9.17, 15) is 22.4 Å². The molecule has 8 heteroatoms. The maximum Gasteiger partial charge on any atom is 0.258 e. The number of carbonyl (C=O) groups excluding carboxylic acids is 2. The monoisotopic (exact) mass is 404 g/mol. The van der Waals surface area contributed by atoms with Crippen molar-refractivity contribution in [3.63, 3.8) is 0 Å². The maximum atomic E-state index is 13.3. The minimum absolute atomic E-state index is 0.116. The van der Waals surface area contributed by atoms with Gasteiger partial charge in [0, 0.05) is 6.26 Å². The fourth-order valence-corrected chi connectivity index (χ4v) is 3.79. The molecule has 0 spiro atoms. The third kappa shape index (κ3) is 3.77. The molecule has 0 bridgehead atoms. The number of sulfone groups is 1. The Morgan fingerprint density at radius 3 is 1.79 bits per heavy atom. The van der Waals surface area contributed by atoms with E-state index in [1.165, 1.54) is 58.5 Å². The van der Waals surface area contributed by atoms with Crippen molar-refractivity contribution in [1.29, 1.82) is 0 Å². The molecular formula is C20H21FN2O4S. The number of amides is 2. The molecule has 0 aliphatic carbocycles. The average molecular weight is 404 g/mol. The zero-order valence-electron chi connectivity index (χ0n) is 15.6. The molecule has 0 N–H and O–H groups in total. The predicted octanol–water partition coefficient (Wildman–Crippen LogP) is 3.33. The van der Waals surface area contributed by atoms with Gasteiger partial charge in [0.05, 0.1) is 16.3 Å². The Labute approximate surface area is 163 Å². The third-order valence-corrected chi connectivity index (χ3v) is 5.77. The molecule has 6 nitrogen and oxygen atoms in total. The number of hydrazine groups is 1. The van der Waals surface area contributed by atoms with Crippen molar-refractivity contribution in [2.75, 3.05) is 16.3 Å². The SMILES string of the molecule is CCCCC1C(=O)N(c2ccc(F)cc2)N(c2ccc(S(C)(=O)=O)cc2)C1=O. The highest BCUT2D eigenvalue weighted by molar-refractivity contribution is 7.90. The standard InChI is InChI=1S/C20H21FN2O4S/c1-3-4-5-18-19(24)22(15-8-6-14(21)7-9-15)23(20(18)25)16-10-12-17(13-11-16)28(2,26)27/h6-13,18H,3-5H2,1-2H3. The molecule has 28 heavy (non-hydrogen) atoms. The predicted molar refractivity (Wildman–Crippen MR) is 104 cm³/mol. The van der Waals surface area contributed by atoms with E-state index in [4.69, 9.17) is 0 Å². The Morgan fingerprint density at radius 2 is 1.36 bits per heavy atom. The highest BCUT2D eigenvalue weighted by atomic mass is 32.2. The van der Waals surface area contributed by atoms with E-state index >= 15 is 0 Å². The van der Waals surface area contributed by atoms with E-state index in [-0.39, 0.29) is 16.7 Å². The quantitative estimate of drug-likeness (QED) is 0.692. The summed E-state index contributed by atoms with van der Waals surface area (Å²) in [7, 11) is -3.39. The van der Waals surface area contributed by atoms with Gasteiger partial charge in [-0.3, -0.25) is 9.59 Å². The van der Waals surface area contributed by atoms with Gasteiger partial charge in [-0.15, -0.1) is 0 Å². The van der Waals surface area contributed by atoms with Gasteiger partial charge in [-0.1, -0.05) is 19.8 Å². The van der Waals surface area contributed by atoms with E-state index in [2.05, 4.69) is 0 Å². The summed E-state index contributed by atoms with van der Waals surface area (Å²) in [6.45, 7) is 1.98. The van der Waals surface area contributed by atoms with Crippen LogP contribution in [0.3, 0.4) is 0 Å². The molecule has 1 fully saturated rings. The summed E-state index contributed by atoms with van der Waals surface area (Å²) in [5.41, 5.74) is 0.736. The molecule has 0 aromatic heterocycles. The van der Waals surface area contributed by atoms with Crippen molar-refractivity contribution in [2.45, 2.75) is 31.1 Å². The lowest BCUT2D eigenvalue weighted by Crippen LogP contribution is -2.41. The molecule has 2 aromatic carbocycles. The highest BCUT2D eigenvalue weighted by Gasteiger charge is 2.46. The first kappa shape index (κ1) is 20.0. The average Bonchev–Trinajstić information content (AvgIpc) is 2.90. The molecule has 1 unspecified atom stereocenters. The van der Waals surface area contributed by atoms with E-state index in [0.29, 0.717) is 17.8 Å². The fraction of sp³-hybridized carbons (Fsp3) is 0.300. The number of hydrogen-bond acceptors (Lipinski definition) is 4. The zero-order valence-corrected chi connectivity index (χ0v) is 16.4. The number of anilines is 2. The molecule has 1 atom stereocenters. The molecule has 2 aromatic rings. The van der Waals surface area contributed by atoms with Crippen LogP contribution in [0.1, 0.15) is 26.2 Å². The minimum Gasteiger partial charge on any atom is -0.272 e. The summed E-state index contributed by atoms with van der Waals surface area (Å²) in [5, 5.41) is 2.47. The van der Waals surface area contributed by atoms with E-state index in [1.807, 2.05) is 6.92 Å². The minimum atomic E-state index is -3.39. The number of benzene rings is 2. The second kappa shape index (κ2) is 7.71. The lowest BCUT2D eigenvalue weighted by molar-refractivity contribution is -0.127. The van der Waals surface area contributed by atoms with Gasteiger partial charge < -0.3 is 0 Å². The van der Waals surface area contributed by atoms with Crippen LogP contribution < -0.4 is 10.0 Å². The molecule has 3 rings (SSSR count). The molecular weight excluding hydrogens is 383 g/mol. The molecule has 0 saturated carbocycles. The van der Waals surface area contributed by atoms with Crippen LogP contribution in [-0.2, 0) is 19.4 Å². The van der Waals surface area contributed by atoms with Crippen molar-refractivity contribution < 1.29 is 22.4 Å². The summed E-state index contributed by atoms with van der Waals surface area (Å²) in [6, 6.07) is 11.1. The number of rotatable bonds is 6. The molecule has 1 saturated heterocycles. The topological polar surface area (TPSA) is 74.8 Å². The van der Waals surface area contributed by atoms with Crippen molar-refractivity contribution in [2.24, 2.45) is 5.92 Å². The van der Waals surface area contributed by atoms with Gasteiger partial charge in [0.15, 0.2) is 9.84 Å². The van der Waals surface area contributed by atoms with Crippen LogP contribution in [0.4, 0.5) is 15.8 Å². The Morgan fingerprint density at radius 1 is 0.893 bits per heavy atom. The van der Waals surface area contributed by atoms with E-state index in [0.717, 1.165) is 19.1 Å². The van der Waals surface area contributed by atoms with Gasteiger partial charge in [-0.05, 0) is 55.0 Å². The zero-order chi connectivity index (χ0) is 20.5. The van der Waals surface area contributed by atoms with Gasteiger partial charge in [-0.2, -0.15) is 0 Å². The summed E-state index contributed by atoms with van der Waals surface area (Å²) in [4.78, 5) is 26.1. The van der Waals surface area contributed by atoms with Crippen molar-refractivity contribution in [3.05, 3.63) is 54.3 Å². The van der Waals surface area contributed by atoms with Crippen LogP contribution in [0.15, 0.2) is 53.4 Å². The van der Waals surface area contributed by atoms with Gasteiger partial charge in [0.1, 0.15) is 11.7 Å². The van der Waals surface area contributed by atoms with E-state index < -0.39 is 21.6 Å². The van der Waals surface area contributed by atoms with Crippen LogP contribution in [-0.4, -0.2) is 26.5 Å². The molecule has 2 amide bonds. The van der Waals surface area contributed by atoms with Crippen molar-refractivity contribution in [1.82, 2.24) is 0 Å². The number of halogens is 1. The number of unbranched alkanes of at least 4 members (excludes halogenated alkanes) is 1. The van der Waals surface area contributed by atoms with Gasteiger partial charge in [0.25, 0.3) is 11.8 Å². The lowest BCUT2D eigenvalue weighted by Gasteiger charge is -2.27. The van der Waals surface area contributed by atoms with Gasteiger partial charge in [0.2, 0.25) is 0 Å². The Kier molecular flexibility index (Phi) is 5.51. The summed E-state index contributed by atoms with van der Waals surface area (Å²) >= 11 is 0. The van der Waals surface area contributed by atoms with Crippen LogP contribution in [0.2, 0.25) is 0 Å². The Hall–Kier alpha value is -2.74. The Bertz CT molecular complexity index is 988. The first-order valence-electron chi connectivity index (χ1n) is 8.97. The highest BCUT2D eigenvalue weighted by Crippen LogP contribution is 2.34. The van der Waals surface area contributed by atoms with E-state index in [1.54, 1.807) is 0 Å². The number of carbonyl (C=O) groups is 2. The lowest BCUT2D eigenvalue weighted by atomic mass is 10.0. The molecule has 0 radical (unpaired) electrons. The van der Waals surface area contributed by atoms with Crippen molar-refractivity contribution >= 4 is 33.0 Å².